The van der Waals surface area contributed by atoms with Crippen molar-refractivity contribution >= 4 is 29.4 Å². The van der Waals surface area contributed by atoms with Crippen LogP contribution < -0.4 is 0 Å². The Morgan fingerprint density at radius 1 is 1.50 bits per heavy atom. The lowest BCUT2D eigenvalue weighted by atomic mass is 10.2. The normalized spacial score (nSPS) is 18.9. The summed E-state index contributed by atoms with van der Waals surface area (Å²) < 4.78 is 0. The Morgan fingerprint density at radius 3 is 2.90 bits per heavy atom. The first-order valence-corrected chi connectivity index (χ1v) is 3.70. The van der Waals surface area contributed by atoms with E-state index in [1.165, 1.54) is 0 Å². The van der Waals surface area contributed by atoms with E-state index < -0.39 is 0 Å². The van der Waals surface area contributed by atoms with Gasteiger partial charge >= 0.3 is 0 Å². The van der Waals surface area contributed by atoms with Gasteiger partial charge in [-0.3, -0.25) is 4.99 Å². The molecule has 0 saturated carbocycles. The van der Waals surface area contributed by atoms with E-state index in [9.17, 15) is 0 Å². The smallest absolute Gasteiger partial charge is 0.0629 e. The molecule has 0 bridgehead atoms. The van der Waals surface area contributed by atoms with Gasteiger partial charge in [-0.2, -0.15) is 0 Å². The molecule has 10 heavy (non-hydrogen) atoms. The van der Waals surface area contributed by atoms with Crippen LogP contribution in [0.25, 0.3) is 0 Å². The number of allylic oxidation sites excluding steroid dienone is 3. The minimum atomic E-state index is 0.624. The predicted molar refractivity (Wildman–Crippen MR) is 45.6 cm³/mol. The summed E-state index contributed by atoms with van der Waals surface area (Å²) in [6.45, 7) is 1.88. The van der Waals surface area contributed by atoms with Gasteiger partial charge in [0.25, 0.3) is 0 Å². The summed E-state index contributed by atoms with van der Waals surface area (Å²) in [4.78, 5) is 3.91. The van der Waals surface area contributed by atoms with Crippen molar-refractivity contribution in [1.29, 1.82) is 0 Å². The average molecular weight is 176 g/mol. The second kappa shape index (κ2) is 3.22. The Bertz CT molecular complexity index is 220. The van der Waals surface area contributed by atoms with Gasteiger partial charge in [-0.15, -0.1) is 0 Å². The maximum absolute atomic E-state index is 5.83. The maximum Gasteiger partial charge on any atom is 0.0629 e. The molecule has 0 aromatic rings. The molecule has 1 aliphatic rings. The largest absolute Gasteiger partial charge is 0.267 e. The molecule has 1 rings (SSSR count). The van der Waals surface area contributed by atoms with Gasteiger partial charge in [0.2, 0.25) is 0 Å². The first-order valence-electron chi connectivity index (χ1n) is 2.94. The Kier molecular flexibility index (Phi) is 2.52. The SMILES string of the molecule is CC1=C(Cl)CC=NC=C1Cl. The molecule has 0 spiro atoms. The van der Waals surface area contributed by atoms with Crippen molar-refractivity contribution < 1.29 is 0 Å². The van der Waals surface area contributed by atoms with Gasteiger partial charge in [0, 0.05) is 23.9 Å². The Hall–Kier alpha value is -0.270. The third-order valence-electron chi connectivity index (χ3n) is 1.33. The van der Waals surface area contributed by atoms with Crippen LogP contribution in [-0.2, 0) is 0 Å². The highest BCUT2D eigenvalue weighted by atomic mass is 35.5. The minimum absolute atomic E-state index is 0.624. The summed E-state index contributed by atoms with van der Waals surface area (Å²) in [6, 6.07) is 0. The fraction of sp³-hybridized carbons (Fsp3) is 0.286. The topological polar surface area (TPSA) is 12.4 Å². The van der Waals surface area contributed by atoms with E-state index in [0.717, 1.165) is 10.6 Å². The van der Waals surface area contributed by atoms with Gasteiger partial charge in [-0.05, 0) is 12.5 Å². The van der Waals surface area contributed by atoms with Crippen LogP contribution >= 0.6 is 23.2 Å². The molecular weight excluding hydrogens is 169 g/mol. The van der Waals surface area contributed by atoms with Crippen molar-refractivity contribution in [3.05, 3.63) is 21.8 Å². The quantitative estimate of drug-likeness (QED) is 0.537. The zero-order valence-electron chi connectivity index (χ0n) is 5.56. The van der Waals surface area contributed by atoms with Crippen molar-refractivity contribution in [3.63, 3.8) is 0 Å². The highest BCUT2D eigenvalue weighted by molar-refractivity contribution is 6.36. The second-order valence-corrected chi connectivity index (χ2v) is 2.91. The third kappa shape index (κ3) is 1.61. The molecule has 0 N–H and O–H groups in total. The Labute approximate surface area is 70.0 Å². The monoisotopic (exact) mass is 175 g/mol. The van der Waals surface area contributed by atoms with Crippen LogP contribution in [0.3, 0.4) is 0 Å². The van der Waals surface area contributed by atoms with Crippen LogP contribution in [0.1, 0.15) is 13.3 Å². The number of halogens is 2. The van der Waals surface area contributed by atoms with E-state index in [4.69, 9.17) is 23.2 Å². The van der Waals surface area contributed by atoms with E-state index in [2.05, 4.69) is 4.99 Å². The van der Waals surface area contributed by atoms with Crippen LogP contribution in [-0.4, -0.2) is 6.21 Å². The summed E-state index contributed by atoms with van der Waals surface area (Å²) in [6.07, 6.45) is 4.02. The lowest BCUT2D eigenvalue weighted by Gasteiger charge is -1.97. The zero-order valence-corrected chi connectivity index (χ0v) is 7.08. The molecule has 0 radical (unpaired) electrons. The summed E-state index contributed by atoms with van der Waals surface area (Å²) in [7, 11) is 0. The van der Waals surface area contributed by atoms with E-state index in [-0.39, 0.29) is 0 Å². The lowest BCUT2D eigenvalue weighted by Crippen LogP contribution is -1.79. The number of rotatable bonds is 0. The first kappa shape index (κ1) is 7.83. The van der Waals surface area contributed by atoms with Crippen LogP contribution in [0.5, 0.6) is 0 Å². The highest BCUT2D eigenvalue weighted by Crippen LogP contribution is 2.24. The first-order chi connectivity index (χ1) is 4.72. The van der Waals surface area contributed by atoms with E-state index in [1.54, 1.807) is 12.4 Å². The molecule has 0 aromatic heterocycles. The predicted octanol–water partition coefficient (Wildman–Crippen LogP) is 3.05. The van der Waals surface area contributed by atoms with Gasteiger partial charge < -0.3 is 0 Å². The molecular formula is C7H7Cl2N. The fourth-order valence-electron chi connectivity index (χ4n) is 0.630. The zero-order chi connectivity index (χ0) is 7.56. The van der Waals surface area contributed by atoms with Gasteiger partial charge in [0.15, 0.2) is 0 Å². The second-order valence-electron chi connectivity index (χ2n) is 2.04. The van der Waals surface area contributed by atoms with Crippen molar-refractivity contribution in [3.8, 4) is 0 Å². The van der Waals surface area contributed by atoms with Crippen molar-refractivity contribution in [2.45, 2.75) is 13.3 Å². The molecule has 0 unspecified atom stereocenters. The molecule has 0 saturated heterocycles. The summed E-state index contributed by atoms with van der Waals surface area (Å²) in [5.41, 5.74) is 0.917. The molecule has 0 aromatic carbocycles. The van der Waals surface area contributed by atoms with Crippen LogP contribution in [0.4, 0.5) is 0 Å². The average Bonchev–Trinajstić information content (AvgIpc) is 2.04. The summed E-state index contributed by atoms with van der Waals surface area (Å²) >= 11 is 11.6. The molecule has 54 valence electrons. The van der Waals surface area contributed by atoms with Gasteiger partial charge in [-0.1, -0.05) is 23.2 Å². The minimum Gasteiger partial charge on any atom is -0.267 e. The molecule has 0 amide bonds. The summed E-state index contributed by atoms with van der Waals surface area (Å²) in [5.74, 6) is 0. The number of nitrogens with zero attached hydrogens (tertiary/aromatic N) is 1. The van der Waals surface area contributed by atoms with E-state index >= 15 is 0 Å². The van der Waals surface area contributed by atoms with Gasteiger partial charge in [0.1, 0.15) is 0 Å². The Morgan fingerprint density at radius 2 is 2.20 bits per heavy atom. The number of hydrogen-bond acceptors (Lipinski definition) is 1. The van der Waals surface area contributed by atoms with Crippen LogP contribution in [0.15, 0.2) is 26.8 Å². The van der Waals surface area contributed by atoms with Crippen molar-refractivity contribution in [2.24, 2.45) is 4.99 Å². The molecule has 3 heteroatoms. The van der Waals surface area contributed by atoms with Crippen LogP contribution in [0, 0.1) is 0 Å². The molecule has 1 heterocycles. The van der Waals surface area contributed by atoms with Crippen molar-refractivity contribution in [1.82, 2.24) is 0 Å². The third-order valence-corrected chi connectivity index (χ3v) is 2.15. The number of hydrogen-bond donors (Lipinski definition) is 0. The molecule has 0 atom stereocenters. The molecule has 0 fully saturated rings. The summed E-state index contributed by atoms with van der Waals surface area (Å²) in [5, 5.41) is 1.39. The molecule has 0 aliphatic carbocycles. The molecule has 1 aliphatic heterocycles. The Balaban J connectivity index is 3.00. The lowest BCUT2D eigenvalue weighted by molar-refractivity contribution is 1.37. The molecule has 1 nitrogen and oxygen atoms in total. The maximum atomic E-state index is 5.83. The van der Waals surface area contributed by atoms with Gasteiger partial charge in [-0.25, -0.2) is 0 Å². The van der Waals surface area contributed by atoms with Crippen molar-refractivity contribution in [2.75, 3.05) is 0 Å². The van der Waals surface area contributed by atoms with E-state index in [0.29, 0.717) is 11.5 Å². The van der Waals surface area contributed by atoms with E-state index in [1.807, 2.05) is 6.92 Å². The highest BCUT2D eigenvalue weighted by Gasteiger charge is 2.03. The number of aliphatic imine (C=N–C) groups is 1. The fourth-order valence-corrected chi connectivity index (χ4v) is 1.02. The standard InChI is InChI=1S/C7H7Cl2N/c1-5-6(8)2-3-10-4-7(5)9/h3-4H,2H2,1H3. The van der Waals surface area contributed by atoms with Crippen LogP contribution in [0.2, 0.25) is 0 Å². The van der Waals surface area contributed by atoms with Gasteiger partial charge in [0.05, 0.1) is 5.03 Å².